The lowest BCUT2D eigenvalue weighted by molar-refractivity contribution is -0.108. The van der Waals surface area contributed by atoms with Crippen LogP contribution in [0.15, 0.2) is 0 Å². The van der Waals surface area contributed by atoms with E-state index in [1.54, 1.807) is 0 Å². The van der Waals surface area contributed by atoms with Crippen molar-refractivity contribution in [1.29, 1.82) is 0 Å². The highest BCUT2D eigenvalue weighted by Gasteiger charge is 2.07. The Morgan fingerprint density at radius 2 is 1.80 bits per heavy atom. The lowest BCUT2D eigenvalue weighted by Gasteiger charge is -2.16. The van der Waals surface area contributed by atoms with Gasteiger partial charge in [0.05, 0.1) is 0 Å². The Bertz CT molecular complexity index is 83.7. The molecule has 0 atom stereocenters. The predicted molar refractivity (Wildman–Crippen MR) is 47.9 cm³/mol. The maximum atomic E-state index is 9.89. The number of hydrogen-bond acceptors (Lipinski definition) is 1. The van der Waals surface area contributed by atoms with E-state index < -0.39 is 0 Å². The minimum atomic E-state index is 0. The normalized spacial score (nSPS) is 10.3. The van der Waals surface area contributed by atoms with Crippen LogP contribution in [-0.2, 0) is 4.79 Å². The largest absolute Gasteiger partial charge is 0.316 e. The highest BCUT2D eigenvalue weighted by Crippen LogP contribution is 2.20. The van der Waals surface area contributed by atoms with Gasteiger partial charge in [-0.25, -0.2) is 0 Å². The van der Waals surface area contributed by atoms with Crippen molar-refractivity contribution in [2.45, 2.75) is 40.0 Å². The van der Waals surface area contributed by atoms with Gasteiger partial charge in [-0.2, -0.15) is 0 Å². The van der Waals surface area contributed by atoms with Crippen LogP contribution in [0, 0.1) is 5.41 Å². The number of unbranched alkanes of at least 4 members (excludes halogenated alkanes) is 1. The highest BCUT2D eigenvalue weighted by molar-refractivity contribution is 5.75. The minimum Gasteiger partial charge on any atom is -0.303 e. The average Bonchev–Trinajstić information content (AvgIpc) is 1.63. The molecular formula is C8H18MgO. The van der Waals surface area contributed by atoms with Crippen LogP contribution in [0.4, 0.5) is 0 Å². The summed E-state index contributed by atoms with van der Waals surface area (Å²) in [5, 5.41) is 0. The second-order valence-corrected chi connectivity index (χ2v) is 3.62. The van der Waals surface area contributed by atoms with Gasteiger partial charge in [0.15, 0.2) is 0 Å². The third-order valence-corrected chi connectivity index (χ3v) is 1.25. The Balaban J connectivity index is 0. The summed E-state index contributed by atoms with van der Waals surface area (Å²) >= 11 is 0. The average molecular weight is 155 g/mol. The van der Waals surface area contributed by atoms with Crippen molar-refractivity contribution in [2.24, 2.45) is 5.41 Å². The summed E-state index contributed by atoms with van der Waals surface area (Å²) < 4.78 is 0. The maximum Gasteiger partial charge on any atom is 0.316 e. The third-order valence-electron chi connectivity index (χ3n) is 1.25. The van der Waals surface area contributed by atoms with Crippen molar-refractivity contribution in [3.63, 3.8) is 0 Å². The zero-order valence-electron chi connectivity index (χ0n) is 6.61. The van der Waals surface area contributed by atoms with Gasteiger partial charge in [0.25, 0.3) is 0 Å². The molecule has 0 aliphatic carbocycles. The van der Waals surface area contributed by atoms with Gasteiger partial charge in [-0.1, -0.05) is 20.8 Å². The van der Waals surface area contributed by atoms with Gasteiger partial charge in [0, 0.05) is 6.42 Å². The summed E-state index contributed by atoms with van der Waals surface area (Å²) in [4.78, 5) is 9.89. The molecule has 0 radical (unpaired) electrons. The molecule has 0 N–H and O–H groups in total. The molecule has 2 heteroatoms. The Morgan fingerprint density at radius 1 is 1.30 bits per heavy atom. The first-order valence-corrected chi connectivity index (χ1v) is 3.50. The summed E-state index contributed by atoms with van der Waals surface area (Å²) in [6.07, 6.45) is 3.89. The molecule has 0 amide bonds. The zero-order chi connectivity index (χ0) is 7.33. The van der Waals surface area contributed by atoms with E-state index in [1.807, 2.05) is 0 Å². The smallest absolute Gasteiger partial charge is 0.303 e. The first-order valence-electron chi connectivity index (χ1n) is 3.50. The van der Waals surface area contributed by atoms with E-state index in [4.69, 9.17) is 0 Å². The Hall–Kier alpha value is 0.436. The van der Waals surface area contributed by atoms with Crippen LogP contribution in [0.25, 0.3) is 0 Å². The molecule has 0 aromatic heterocycles. The van der Waals surface area contributed by atoms with Crippen molar-refractivity contribution >= 4 is 29.3 Å². The molecule has 0 spiro atoms. The molecule has 0 fully saturated rings. The van der Waals surface area contributed by atoms with Gasteiger partial charge in [-0.05, 0) is 18.3 Å². The summed E-state index contributed by atoms with van der Waals surface area (Å²) in [6.45, 7) is 6.58. The van der Waals surface area contributed by atoms with E-state index in [0.29, 0.717) is 5.41 Å². The van der Waals surface area contributed by atoms with Gasteiger partial charge in [-0.3, -0.25) is 0 Å². The van der Waals surface area contributed by atoms with E-state index in [1.165, 1.54) is 0 Å². The van der Waals surface area contributed by atoms with Gasteiger partial charge < -0.3 is 4.79 Å². The molecule has 0 aliphatic heterocycles. The quantitative estimate of drug-likeness (QED) is 0.342. The molecule has 1 nitrogen and oxygen atoms in total. The molecular weight excluding hydrogens is 136 g/mol. The fourth-order valence-electron chi connectivity index (χ4n) is 0.716. The second-order valence-electron chi connectivity index (χ2n) is 3.62. The van der Waals surface area contributed by atoms with Gasteiger partial charge in [0.2, 0.25) is 0 Å². The van der Waals surface area contributed by atoms with Gasteiger partial charge in [0.1, 0.15) is 6.29 Å². The molecule has 58 valence electrons. The Labute approximate surface area is 79.7 Å². The molecule has 0 heterocycles. The number of hydrogen-bond donors (Lipinski definition) is 0. The Kier molecular flexibility index (Phi) is 8.05. The fraction of sp³-hybridized carbons (Fsp3) is 0.875. The maximum absolute atomic E-state index is 9.89. The molecule has 0 unspecified atom stereocenters. The monoisotopic (exact) mass is 154 g/mol. The van der Waals surface area contributed by atoms with E-state index in [-0.39, 0.29) is 23.1 Å². The van der Waals surface area contributed by atoms with E-state index >= 15 is 0 Å². The zero-order valence-corrected chi connectivity index (χ0v) is 6.61. The molecule has 0 rings (SSSR count). The topological polar surface area (TPSA) is 17.1 Å². The van der Waals surface area contributed by atoms with Gasteiger partial charge >= 0.3 is 23.1 Å². The van der Waals surface area contributed by atoms with Crippen LogP contribution >= 0.6 is 0 Å². The molecule has 0 bridgehead atoms. The van der Waals surface area contributed by atoms with E-state index in [2.05, 4.69) is 20.8 Å². The van der Waals surface area contributed by atoms with Gasteiger partial charge in [-0.15, -0.1) is 0 Å². The molecule has 0 aromatic carbocycles. The predicted octanol–water partition coefficient (Wildman–Crippen LogP) is 1.49. The molecule has 0 saturated carbocycles. The SMILES string of the molecule is CC(C)(C)CCCC=O.[MgH2]. The fourth-order valence-corrected chi connectivity index (χ4v) is 0.716. The molecule has 10 heavy (non-hydrogen) atoms. The summed E-state index contributed by atoms with van der Waals surface area (Å²) in [5.74, 6) is 0. The third kappa shape index (κ3) is 11.3. The second kappa shape index (κ2) is 6.17. The minimum absolute atomic E-state index is 0. The van der Waals surface area contributed by atoms with Crippen LogP contribution in [-0.4, -0.2) is 29.3 Å². The van der Waals surface area contributed by atoms with Crippen LogP contribution in [0.3, 0.4) is 0 Å². The summed E-state index contributed by atoms with van der Waals surface area (Å²) in [7, 11) is 0. The lowest BCUT2D eigenvalue weighted by atomic mass is 9.90. The van der Waals surface area contributed by atoms with Crippen molar-refractivity contribution < 1.29 is 4.79 Å². The lowest BCUT2D eigenvalue weighted by Crippen LogP contribution is -2.03. The number of rotatable bonds is 3. The van der Waals surface area contributed by atoms with Crippen LogP contribution < -0.4 is 0 Å². The first kappa shape index (κ1) is 13.1. The molecule has 0 aliphatic rings. The Morgan fingerprint density at radius 3 is 2.10 bits per heavy atom. The van der Waals surface area contributed by atoms with E-state index in [9.17, 15) is 4.79 Å². The van der Waals surface area contributed by atoms with Crippen LogP contribution in [0.5, 0.6) is 0 Å². The van der Waals surface area contributed by atoms with Crippen molar-refractivity contribution in [3.05, 3.63) is 0 Å². The molecule has 0 saturated heterocycles. The number of carbonyl (C=O) groups excluding carboxylic acids is 1. The first-order chi connectivity index (χ1) is 4.06. The standard InChI is InChI=1S/C8H16O.Mg.2H/c1-8(2,3)6-4-5-7-9;;;/h7H,4-6H2,1-3H3;;;. The van der Waals surface area contributed by atoms with Crippen molar-refractivity contribution in [3.8, 4) is 0 Å². The number of carbonyl (C=O) groups is 1. The van der Waals surface area contributed by atoms with Crippen LogP contribution in [0.1, 0.15) is 40.0 Å². The van der Waals surface area contributed by atoms with Crippen molar-refractivity contribution in [2.75, 3.05) is 0 Å². The van der Waals surface area contributed by atoms with Crippen LogP contribution in [0.2, 0.25) is 0 Å². The van der Waals surface area contributed by atoms with Crippen molar-refractivity contribution in [1.82, 2.24) is 0 Å². The summed E-state index contributed by atoms with van der Waals surface area (Å²) in [5.41, 5.74) is 0.392. The highest BCUT2D eigenvalue weighted by atomic mass is 24.3. The molecule has 0 aromatic rings. The number of aldehydes is 1. The summed E-state index contributed by atoms with van der Waals surface area (Å²) in [6, 6.07) is 0. The van der Waals surface area contributed by atoms with E-state index in [0.717, 1.165) is 25.5 Å².